The molecule has 0 amide bonds. The molecule has 0 saturated carbocycles. The van der Waals surface area contributed by atoms with Gasteiger partial charge < -0.3 is 19.7 Å². The van der Waals surface area contributed by atoms with Crippen LogP contribution in [-0.2, 0) is 0 Å². The van der Waals surface area contributed by atoms with Gasteiger partial charge in [0.1, 0.15) is 6.04 Å². The Morgan fingerprint density at radius 1 is 0.881 bits per heavy atom. The van der Waals surface area contributed by atoms with E-state index in [1.807, 2.05) is 50.6 Å². The smallest absolute Gasteiger partial charge is 0.269 e. The van der Waals surface area contributed by atoms with Crippen molar-refractivity contribution >= 4 is 46.2 Å². The van der Waals surface area contributed by atoms with E-state index in [1.165, 1.54) is 12.1 Å². The van der Waals surface area contributed by atoms with Gasteiger partial charge in [0.25, 0.3) is 5.69 Å². The van der Waals surface area contributed by atoms with Gasteiger partial charge in [0, 0.05) is 71.2 Å². The summed E-state index contributed by atoms with van der Waals surface area (Å²) >= 11 is 7.49. The summed E-state index contributed by atoms with van der Waals surface area (Å²) in [6.07, 6.45) is 3.89. The maximum atomic E-state index is 11.0. The molecule has 2 aromatic heterocycles. The number of hydrogen-bond acceptors (Lipinski definition) is 6. The Balaban J connectivity index is 1.35. The minimum Gasteiger partial charge on any atom is -0.378 e. The average molecular weight is 593 g/mol. The first kappa shape index (κ1) is 27.5. The number of benzene rings is 3. The number of nitro groups is 1. The fraction of sp³-hybridized carbons (Fsp3) is 0.125. The molecule has 5 aromatic rings. The van der Waals surface area contributed by atoms with Crippen molar-refractivity contribution in [3.05, 3.63) is 137 Å². The quantitative estimate of drug-likeness (QED) is 0.115. The van der Waals surface area contributed by atoms with Crippen LogP contribution in [0.15, 0.2) is 125 Å². The van der Waals surface area contributed by atoms with Crippen LogP contribution in [-0.4, -0.2) is 33.7 Å². The van der Waals surface area contributed by atoms with Crippen LogP contribution in [0.2, 0.25) is 0 Å². The number of nitro benzene ring substituents is 1. The zero-order valence-electron chi connectivity index (χ0n) is 23.0. The van der Waals surface area contributed by atoms with E-state index in [4.69, 9.17) is 12.2 Å². The van der Waals surface area contributed by atoms with Gasteiger partial charge in [-0.1, -0.05) is 17.8 Å². The van der Waals surface area contributed by atoms with Gasteiger partial charge in [-0.3, -0.25) is 15.1 Å². The molecule has 1 aliphatic heterocycles. The second-order valence-corrected chi connectivity index (χ2v) is 11.6. The van der Waals surface area contributed by atoms with Gasteiger partial charge >= 0.3 is 0 Å². The minimum atomic E-state index is -0.389. The summed E-state index contributed by atoms with van der Waals surface area (Å²) in [6.45, 7) is 0. The Labute approximate surface area is 253 Å². The highest BCUT2D eigenvalue weighted by Crippen LogP contribution is 2.43. The lowest BCUT2D eigenvalue weighted by Gasteiger charge is -2.29. The molecular weight excluding hydrogens is 565 g/mol. The van der Waals surface area contributed by atoms with Crippen LogP contribution in [0.3, 0.4) is 0 Å². The van der Waals surface area contributed by atoms with Crippen molar-refractivity contribution in [2.75, 3.05) is 23.9 Å². The van der Waals surface area contributed by atoms with E-state index >= 15 is 0 Å². The molecule has 1 aliphatic rings. The Morgan fingerprint density at radius 3 is 2.17 bits per heavy atom. The summed E-state index contributed by atoms with van der Waals surface area (Å²) in [7, 11) is 4.07. The van der Waals surface area contributed by atoms with Gasteiger partial charge in [0.05, 0.1) is 16.7 Å². The molecule has 0 bridgehead atoms. The van der Waals surface area contributed by atoms with Gasteiger partial charge in [-0.25, -0.2) is 0 Å². The first-order valence-corrected chi connectivity index (χ1v) is 14.6. The van der Waals surface area contributed by atoms with E-state index < -0.39 is 0 Å². The molecule has 2 atom stereocenters. The number of anilines is 2. The van der Waals surface area contributed by atoms with Crippen molar-refractivity contribution in [3.8, 4) is 5.69 Å². The van der Waals surface area contributed by atoms with Crippen LogP contribution in [0.5, 0.6) is 0 Å². The number of nitrogens with zero attached hydrogens (tertiary/aromatic N) is 5. The van der Waals surface area contributed by atoms with E-state index in [1.54, 1.807) is 23.9 Å². The predicted molar refractivity (Wildman–Crippen MR) is 172 cm³/mol. The van der Waals surface area contributed by atoms with E-state index in [9.17, 15) is 10.1 Å². The number of nitrogens with one attached hydrogen (secondary N) is 1. The third kappa shape index (κ3) is 5.46. The summed E-state index contributed by atoms with van der Waals surface area (Å²) in [5, 5.41) is 15.2. The van der Waals surface area contributed by atoms with E-state index in [0.717, 1.165) is 38.2 Å². The van der Waals surface area contributed by atoms with Crippen LogP contribution < -0.4 is 15.1 Å². The van der Waals surface area contributed by atoms with Crippen molar-refractivity contribution in [2.45, 2.75) is 21.9 Å². The molecule has 8 nitrogen and oxygen atoms in total. The Morgan fingerprint density at radius 2 is 1.55 bits per heavy atom. The summed E-state index contributed by atoms with van der Waals surface area (Å²) in [6, 6.07) is 33.1. The van der Waals surface area contributed by atoms with Gasteiger partial charge in [0.2, 0.25) is 0 Å². The SMILES string of the molecule is CN(C)c1ccc(-n2cccc2[C@@H]2[C@H](c3ccccn3)NC(=S)N2c2ccc(Sc3ccc([N+](=O)[O-])cc3)cc2)cc1. The fourth-order valence-electron chi connectivity index (χ4n) is 5.16. The highest BCUT2D eigenvalue weighted by Gasteiger charge is 2.42. The molecule has 0 unspecified atom stereocenters. The number of aromatic nitrogens is 2. The van der Waals surface area contributed by atoms with Gasteiger partial charge in [-0.15, -0.1) is 0 Å². The lowest BCUT2D eigenvalue weighted by molar-refractivity contribution is -0.384. The highest BCUT2D eigenvalue weighted by atomic mass is 32.2. The molecule has 10 heteroatoms. The Kier molecular flexibility index (Phi) is 7.64. The maximum absolute atomic E-state index is 11.0. The maximum Gasteiger partial charge on any atom is 0.269 e. The lowest BCUT2D eigenvalue weighted by Crippen LogP contribution is -2.30. The van der Waals surface area contributed by atoms with Crippen LogP contribution in [0.4, 0.5) is 17.1 Å². The standard InChI is InChI=1S/C32H28N6O2S2/c1-35(2)22-8-10-23(11-9-22)36-21-5-7-29(36)31-30(28-6-3-4-20-33-28)34-32(41)37(31)24-12-16-26(17-13-24)42-27-18-14-25(15-19-27)38(39)40/h3-21,30-31H,1-2H3,(H,34,41)/t30-,31+/m0/s1. The molecule has 6 rings (SSSR count). The Bertz CT molecular complexity index is 1710. The average Bonchev–Trinajstić information content (AvgIpc) is 3.63. The molecule has 0 spiro atoms. The van der Waals surface area contributed by atoms with E-state index in [-0.39, 0.29) is 22.7 Å². The number of non-ortho nitro benzene ring substituents is 1. The third-order valence-corrected chi connectivity index (χ3v) is 8.55. The first-order chi connectivity index (χ1) is 20.4. The summed E-state index contributed by atoms with van der Waals surface area (Å²) < 4.78 is 2.21. The first-order valence-electron chi connectivity index (χ1n) is 13.4. The summed E-state index contributed by atoms with van der Waals surface area (Å²) in [5.41, 5.74) is 5.23. The topological polar surface area (TPSA) is 79.5 Å². The molecule has 3 heterocycles. The van der Waals surface area contributed by atoms with Crippen molar-refractivity contribution in [1.82, 2.24) is 14.9 Å². The second-order valence-electron chi connectivity index (χ2n) is 10.1. The monoisotopic (exact) mass is 592 g/mol. The zero-order valence-corrected chi connectivity index (χ0v) is 24.6. The van der Waals surface area contributed by atoms with E-state index in [2.05, 4.69) is 79.4 Å². The van der Waals surface area contributed by atoms with Crippen molar-refractivity contribution < 1.29 is 4.92 Å². The summed E-state index contributed by atoms with van der Waals surface area (Å²) in [4.78, 5) is 21.5. The van der Waals surface area contributed by atoms with Crippen LogP contribution >= 0.6 is 24.0 Å². The zero-order chi connectivity index (χ0) is 29.2. The lowest BCUT2D eigenvalue weighted by atomic mass is 10.0. The van der Waals surface area contributed by atoms with Gasteiger partial charge in [-0.2, -0.15) is 0 Å². The van der Waals surface area contributed by atoms with Crippen LogP contribution in [0.25, 0.3) is 5.69 Å². The van der Waals surface area contributed by atoms with Crippen molar-refractivity contribution in [2.24, 2.45) is 0 Å². The fourth-order valence-corrected chi connectivity index (χ4v) is 6.32. The number of thiocarbonyl (C=S) groups is 1. The largest absolute Gasteiger partial charge is 0.378 e. The van der Waals surface area contributed by atoms with E-state index in [0.29, 0.717) is 5.11 Å². The van der Waals surface area contributed by atoms with Gasteiger partial charge in [-0.05, 0) is 97.1 Å². The molecule has 1 fully saturated rings. The number of pyridine rings is 1. The molecule has 1 N–H and O–H groups in total. The molecule has 1 saturated heterocycles. The predicted octanol–water partition coefficient (Wildman–Crippen LogP) is 7.17. The normalized spacial score (nSPS) is 16.3. The third-order valence-electron chi connectivity index (χ3n) is 7.22. The number of hydrogen-bond donors (Lipinski definition) is 1. The van der Waals surface area contributed by atoms with Crippen molar-refractivity contribution in [3.63, 3.8) is 0 Å². The molecule has 42 heavy (non-hydrogen) atoms. The number of rotatable bonds is 8. The molecular formula is C32H28N6O2S2. The minimum absolute atomic E-state index is 0.0802. The molecule has 0 aliphatic carbocycles. The highest BCUT2D eigenvalue weighted by molar-refractivity contribution is 7.99. The van der Waals surface area contributed by atoms with Crippen molar-refractivity contribution in [1.29, 1.82) is 0 Å². The van der Waals surface area contributed by atoms with Crippen LogP contribution in [0, 0.1) is 10.1 Å². The molecule has 3 aromatic carbocycles. The second kappa shape index (κ2) is 11.7. The summed E-state index contributed by atoms with van der Waals surface area (Å²) in [5.74, 6) is 0. The van der Waals surface area contributed by atoms with Gasteiger partial charge in [0.15, 0.2) is 5.11 Å². The Hall–Kier alpha value is -4.67. The van der Waals surface area contributed by atoms with Crippen LogP contribution in [0.1, 0.15) is 23.5 Å². The molecule has 0 radical (unpaired) electrons. The molecule has 210 valence electrons.